The number of aryl methyl sites for hydroxylation is 2. The molecule has 0 aliphatic carbocycles. The van der Waals surface area contributed by atoms with E-state index in [4.69, 9.17) is 10.5 Å². The van der Waals surface area contributed by atoms with Gasteiger partial charge in [-0.1, -0.05) is 12.1 Å². The molecule has 0 saturated heterocycles. The highest BCUT2D eigenvalue weighted by atomic mass is 16.5. The Hall–Kier alpha value is -2.37. The first-order valence-corrected chi connectivity index (χ1v) is 6.06. The molecule has 0 atom stereocenters. The smallest absolute Gasteiger partial charge is 0.243 e. The van der Waals surface area contributed by atoms with Crippen molar-refractivity contribution in [2.24, 2.45) is 0 Å². The van der Waals surface area contributed by atoms with E-state index in [2.05, 4.69) is 20.5 Å². The molecule has 0 unspecified atom stereocenters. The molecule has 0 spiro atoms. The van der Waals surface area contributed by atoms with Crippen molar-refractivity contribution in [2.75, 3.05) is 24.2 Å². The maximum absolute atomic E-state index is 5.77. The van der Waals surface area contributed by atoms with E-state index in [1.165, 1.54) is 0 Å². The number of nitrogens with two attached hydrogens (primary N) is 1. The van der Waals surface area contributed by atoms with Crippen LogP contribution in [0.4, 0.5) is 11.6 Å². The van der Waals surface area contributed by atoms with Gasteiger partial charge in [-0.05, 0) is 26.0 Å². The van der Waals surface area contributed by atoms with Crippen LogP contribution in [0.5, 0.6) is 5.75 Å². The molecule has 19 heavy (non-hydrogen) atoms. The number of nitrogen functional groups attached to an aromatic ring is 1. The van der Waals surface area contributed by atoms with Crippen molar-refractivity contribution in [1.29, 1.82) is 0 Å². The number of para-hydroxylation sites is 2. The Bertz CT molecular complexity index is 558. The predicted octanol–water partition coefficient (Wildman–Crippen LogP) is 1.56. The molecule has 6 nitrogen and oxygen atoms in total. The molecular weight excluding hydrogens is 242 g/mol. The monoisotopic (exact) mass is 259 g/mol. The molecule has 0 amide bonds. The lowest BCUT2D eigenvalue weighted by Crippen LogP contribution is -2.15. The summed E-state index contributed by atoms with van der Waals surface area (Å²) < 4.78 is 5.55. The Morgan fingerprint density at radius 2 is 1.95 bits per heavy atom. The third-order valence-electron chi connectivity index (χ3n) is 2.65. The first-order chi connectivity index (χ1) is 9.16. The first-order valence-electron chi connectivity index (χ1n) is 6.06. The van der Waals surface area contributed by atoms with Crippen LogP contribution in [0.15, 0.2) is 24.3 Å². The molecule has 0 radical (unpaired) electrons. The highest BCUT2D eigenvalue weighted by molar-refractivity contribution is 5.51. The van der Waals surface area contributed by atoms with Gasteiger partial charge in [-0.25, -0.2) is 4.98 Å². The fourth-order valence-corrected chi connectivity index (χ4v) is 1.47. The van der Waals surface area contributed by atoms with E-state index in [0.717, 1.165) is 11.4 Å². The molecule has 0 aliphatic heterocycles. The van der Waals surface area contributed by atoms with Crippen molar-refractivity contribution < 1.29 is 4.74 Å². The quantitative estimate of drug-likeness (QED) is 0.626. The second-order valence-electron chi connectivity index (χ2n) is 4.12. The van der Waals surface area contributed by atoms with E-state index < -0.39 is 0 Å². The first kappa shape index (κ1) is 13.1. The van der Waals surface area contributed by atoms with Crippen LogP contribution in [0, 0.1) is 13.8 Å². The van der Waals surface area contributed by atoms with Gasteiger partial charge in [0.1, 0.15) is 12.4 Å². The average molecular weight is 259 g/mol. The van der Waals surface area contributed by atoms with Crippen LogP contribution in [-0.4, -0.2) is 28.3 Å². The molecular formula is C13H17N5O. The van der Waals surface area contributed by atoms with Gasteiger partial charge < -0.3 is 15.8 Å². The summed E-state index contributed by atoms with van der Waals surface area (Å²) in [5.41, 5.74) is 8.10. The summed E-state index contributed by atoms with van der Waals surface area (Å²) in [5.74, 6) is 1.19. The number of hydrogen-bond donors (Lipinski definition) is 2. The van der Waals surface area contributed by atoms with E-state index in [9.17, 15) is 0 Å². The van der Waals surface area contributed by atoms with Gasteiger partial charge in [0.15, 0.2) is 0 Å². The van der Waals surface area contributed by atoms with Crippen molar-refractivity contribution in [3.05, 3.63) is 35.7 Å². The van der Waals surface area contributed by atoms with Crippen molar-refractivity contribution in [3.8, 4) is 5.75 Å². The number of nitrogens with one attached hydrogen (secondary N) is 1. The zero-order valence-corrected chi connectivity index (χ0v) is 11.1. The minimum Gasteiger partial charge on any atom is -0.490 e. The summed E-state index contributed by atoms with van der Waals surface area (Å²) in [6.45, 7) is 4.83. The topological polar surface area (TPSA) is 86.0 Å². The Balaban J connectivity index is 1.81. The summed E-state index contributed by atoms with van der Waals surface area (Å²) in [4.78, 5) is 4.27. The minimum atomic E-state index is 0.477. The molecule has 0 aliphatic rings. The Morgan fingerprint density at radius 3 is 2.68 bits per heavy atom. The van der Waals surface area contributed by atoms with Crippen LogP contribution in [0.2, 0.25) is 0 Å². The maximum atomic E-state index is 5.77. The van der Waals surface area contributed by atoms with Gasteiger partial charge in [-0.15, -0.1) is 5.10 Å². The Labute approximate surface area is 112 Å². The third-order valence-corrected chi connectivity index (χ3v) is 2.65. The second kappa shape index (κ2) is 5.99. The summed E-state index contributed by atoms with van der Waals surface area (Å²) in [6.07, 6.45) is 0. The van der Waals surface area contributed by atoms with Crippen LogP contribution >= 0.6 is 0 Å². The largest absolute Gasteiger partial charge is 0.490 e. The number of nitrogens with zero attached hydrogens (tertiary/aromatic N) is 3. The molecule has 3 N–H and O–H groups in total. The van der Waals surface area contributed by atoms with Crippen LogP contribution in [-0.2, 0) is 0 Å². The van der Waals surface area contributed by atoms with Gasteiger partial charge in [-0.2, -0.15) is 5.10 Å². The lowest BCUT2D eigenvalue weighted by molar-refractivity contribution is 0.334. The van der Waals surface area contributed by atoms with E-state index in [1.54, 1.807) is 6.07 Å². The van der Waals surface area contributed by atoms with Crippen LogP contribution < -0.4 is 15.8 Å². The maximum Gasteiger partial charge on any atom is 0.243 e. The fourth-order valence-electron chi connectivity index (χ4n) is 1.47. The molecule has 100 valence electrons. The lowest BCUT2D eigenvalue weighted by atomic mass is 10.3. The summed E-state index contributed by atoms with van der Waals surface area (Å²) >= 11 is 0. The number of benzene rings is 1. The van der Waals surface area contributed by atoms with Gasteiger partial charge in [0.25, 0.3) is 0 Å². The van der Waals surface area contributed by atoms with Gasteiger partial charge in [0, 0.05) is 0 Å². The van der Waals surface area contributed by atoms with Crippen LogP contribution in [0.3, 0.4) is 0 Å². The Morgan fingerprint density at radius 1 is 1.16 bits per heavy atom. The van der Waals surface area contributed by atoms with Crippen molar-refractivity contribution >= 4 is 11.6 Å². The van der Waals surface area contributed by atoms with Gasteiger partial charge in [-0.3, -0.25) is 0 Å². The molecule has 1 aromatic carbocycles. The van der Waals surface area contributed by atoms with Crippen molar-refractivity contribution in [1.82, 2.24) is 15.2 Å². The average Bonchev–Trinajstić information content (AvgIpc) is 2.40. The molecule has 2 rings (SSSR count). The fraction of sp³-hybridized carbons (Fsp3) is 0.308. The van der Waals surface area contributed by atoms with Crippen molar-refractivity contribution in [2.45, 2.75) is 13.8 Å². The normalized spacial score (nSPS) is 10.2. The Kier molecular flexibility index (Phi) is 4.12. The zero-order chi connectivity index (χ0) is 13.7. The summed E-state index contributed by atoms with van der Waals surface area (Å²) in [7, 11) is 0. The van der Waals surface area contributed by atoms with Gasteiger partial charge >= 0.3 is 0 Å². The van der Waals surface area contributed by atoms with Crippen molar-refractivity contribution in [3.63, 3.8) is 0 Å². The van der Waals surface area contributed by atoms with Gasteiger partial charge in [0.2, 0.25) is 5.95 Å². The zero-order valence-electron chi connectivity index (χ0n) is 11.1. The SMILES string of the molecule is Cc1nnc(NCCOc2ccccc2N)nc1C. The summed E-state index contributed by atoms with van der Waals surface area (Å²) in [5, 5.41) is 11.0. The van der Waals surface area contributed by atoms with Crippen LogP contribution in [0.25, 0.3) is 0 Å². The standard InChI is InChI=1S/C13H17N5O/c1-9-10(2)17-18-13(16-9)15-7-8-19-12-6-4-3-5-11(12)14/h3-6H,7-8,14H2,1-2H3,(H,15,16,18). The minimum absolute atomic E-state index is 0.477. The molecule has 0 bridgehead atoms. The number of rotatable bonds is 5. The highest BCUT2D eigenvalue weighted by Crippen LogP contribution is 2.19. The molecule has 1 heterocycles. The van der Waals surface area contributed by atoms with E-state index in [-0.39, 0.29) is 0 Å². The van der Waals surface area contributed by atoms with E-state index in [0.29, 0.717) is 30.5 Å². The molecule has 0 fully saturated rings. The highest BCUT2D eigenvalue weighted by Gasteiger charge is 2.01. The number of hydrogen-bond acceptors (Lipinski definition) is 6. The molecule has 6 heteroatoms. The van der Waals surface area contributed by atoms with Crippen LogP contribution in [0.1, 0.15) is 11.4 Å². The number of ether oxygens (including phenoxy) is 1. The molecule has 2 aromatic rings. The lowest BCUT2D eigenvalue weighted by Gasteiger charge is -2.09. The molecule has 0 saturated carbocycles. The van der Waals surface area contributed by atoms with E-state index in [1.807, 2.05) is 32.0 Å². The number of anilines is 2. The van der Waals surface area contributed by atoms with Gasteiger partial charge in [0.05, 0.1) is 23.6 Å². The number of aromatic nitrogens is 3. The molecule has 1 aromatic heterocycles. The predicted molar refractivity (Wildman–Crippen MR) is 74.1 cm³/mol. The third kappa shape index (κ3) is 3.54. The summed E-state index contributed by atoms with van der Waals surface area (Å²) in [6, 6.07) is 7.40. The van der Waals surface area contributed by atoms with E-state index >= 15 is 0 Å². The second-order valence-corrected chi connectivity index (χ2v) is 4.12.